The SMILES string of the molecule is CCCc1nnc(C(=O)N2C[C@H](OC(C)C)[C@@H](O)C2)o1. The van der Waals surface area contributed by atoms with Crippen molar-refractivity contribution in [2.45, 2.75) is 51.9 Å². The van der Waals surface area contributed by atoms with E-state index in [0.29, 0.717) is 18.9 Å². The lowest BCUT2D eigenvalue weighted by atomic mass is 10.2. The minimum absolute atomic E-state index is 0.00395. The topological polar surface area (TPSA) is 88.7 Å². The first-order valence-corrected chi connectivity index (χ1v) is 6.96. The molecule has 7 nitrogen and oxygen atoms in total. The summed E-state index contributed by atoms with van der Waals surface area (Å²) in [6.45, 7) is 6.35. The van der Waals surface area contributed by atoms with E-state index in [1.54, 1.807) is 0 Å². The van der Waals surface area contributed by atoms with E-state index in [1.807, 2.05) is 20.8 Å². The van der Waals surface area contributed by atoms with Crippen molar-refractivity contribution in [1.29, 1.82) is 0 Å². The predicted molar refractivity (Wildman–Crippen MR) is 70.2 cm³/mol. The lowest BCUT2D eigenvalue weighted by Gasteiger charge is -2.17. The predicted octanol–water partition coefficient (Wildman–Crippen LogP) is 0.632. The molecule has 2 rings (SSSR count). The zero-order chi connectivity index (χ0) is 14.7. The van der Waals surface area contributed by atoms with Crippen LogP contribution in [0.4, 0.5) is 0 Å². The molecule has 20 heavy (non-hydrogen) atoms. The molecule has 1 saturated heterocycles. The van der Waals surface area contributed by atoms with E-state index in [4.69, 9.17) is 9.15 Å². The number of β-amino-alcohol motifs (C(OH)–C–C–N with tert-alkyl or cyclic N) is 1. The summed E-state index contributed by atoms with van der Waals surface area (Å²) in [6.07, 6.45) is 0.491. The summed E-state index contributed by atoms with van der Waals surface area (Å²) in [6, 6.07) is 0. The van der Waals surface area contributed by atoms with Crippen molar-refractivity contribution in [2.75, 3.05) is 13.1 Å². The molecule has 1 fully saturated rings. The number of aromatic nitrogens is 2. The highest BCUT2D eigenvalue weighted by molar-refractivity contribution is 5.89. The van der Waals surface area contributed by atoms with Gasteiger partial charge in [0.1, 0.15) is 6.10 Å². The molecule has 7 heteroatoms. The summed E-state index contributed by atoms with van der Waals surface area (Å²) in [5.41, 5.74) is 0. The third-order valence-corrected chi connectivity index (χ3v) is 3.08. The van der Waals surface area contributed by atoms with Crippen LogP contribution in [-0.4, -0.2) is 57.5 Å². The van der Waals surface area contributed by atoms with Crippen LogP contribution in [0.25, 0.3) is 0 Å². The molecule has 1 aromatic rings. The average Bonchev–Trinajstić information content (AvgIpc) is 2.97. The minimum atomic E-state index is -0.681. The van der Waals surface area contributed by atoms with Gasteiger partial charge in [0.2, 0.25) is 5.89 Å². The van der Waals surface area contributed by atoms with Gasteiger partial charge in [-0.05, 0) is 20.3 Å². The van der Waals surface area contributed by atoms with Crippen LogP contribution in [0.5, 0.6) is 0 Å². The molecule has 0 spiro atoms. The molecule has 0 unspecified atom stereocenters. The van der Waals surface area contributed by atoms with Crippen LogP contribution < -0.4 is 0 Å². The molecule has 1 aliphatic rings. The largest absolute Gasteiger partial charge is 0.417 e. The molecule has 0 radical (unpaired) electrons. The Bertz CT molecular complexity index is 460. The third-order valence-electron chi connectivity index (χ3n) is 3.08. The lowest BCUT2D eigenvalue weighted by Crippen LogP contribution is -2.31. The first-order chi connectivity index (χ1) is 9.51. The number of aliphatic hydroxyl groups excluding tert-OH is 1. The van der Waals surface area contributed by atoms with E-state index in [0.717, 1.165) is 6.42 Å². The molecule has 1 aliphatic heterocycles. The highest BCUT2D eigenvalue weighted by Crippen LogP contribution is 2.18. The van der Waals surface area contributed by atoms with E-state index >= 15 is 0 Å². The number of ether oxygens (including phenoxy) is 1. The Balaban J connectivity index is 1.99. The van der Waals surface area contributed by atoms with Gasteiger partial charge in [0.25, 0.3) is 0 Å². The van der Waals surface area contributed by atoms with Crippen molar-refractivity contribution in [3.8, 4) is 0 Å². The molecule has 0 aromatic carbocycles. The van der Waals surface area contributed by atoms with Gasteiger partial charge in [-0.15, -0.1) is 10.2 Å². The lowest BCUT2D eigenvalue weighted by molar-refractivity contribution is -0.0394. The smallest absolute Gasteiger partial charge is 0.311 e. The van der Waals surface area contributed by atoms with Gasteiger partial charge in [-0.1, -0.05) is 6.92 Å². The number of nitrogens with zero attached hydrogens (tertiary/aromatic N) is 3. The fourth-order valence-corrected chi connectivity index (χ4v) is 2.20. The van der Waals surface area contributed by atoms with E-state index in [1.165, 1.54) is 4.90 Å². The van der Waals surface area contributed by atoms with Crippen LogP contribution in [-0.2, 0) is 11.2 Å². The number of carbonyl (C=O) groups excluding carboxylic acids is 1. The first kappa shape index (κ1) is 14.9. The summed E-state index contributed by atoms with van der Waals surface area (Å²) in [4.78, 5) is 13.7. The molecule has 2 atom stereocenters. The van der Waals surface area contributed by atoms with Gasteiger partial charge in [-0.3, -0.25) is 4.79 Å². The molecule has 2 heterocycles. The maximum Gasteiger partial charge on any atom is 0.311 e. The average molecular weight is 283 g/mol. The van der Waals surface area contributed by atoms with Crippen LogP contribution >= 0.6 is 0 Å². The van der Waals surface area contributed by atoms with Crippen LogP contribution in [0.2, 0.25) is 0 Å². The van der Waals surface area contributed by atoms with Crippen LogP contribution in [0.1, 0.15) is 43.8 Å². The summed E-state index contributed by atoms with van der Waals surface area (Å²) in [5, 5.41) is 17.5. The standard InChI is InChI=1S/C13H21N3O4/c1-4-5-11-14-15-12(20-11)13(18)16-6-9(17)10(7-16)19-8(2)3/h8-10,17H,4-7H2,1-3H3/t9-,10-/m0/s1. The molecule has 1 amide bonds. The Morgan fingerprint density at radius 3 is 2.90 bits per heavy atom. The van der Waals surface area contributed by atoms with Crippen molar-refractivity contribution in [1.82, 2.24) is 15.1 Å². The molecule has 0 aliphatic carbocycles. The van der Waals surface area contributed by atoms with E-state index < -0.39 is 6.10 Å². The number of carbonyl (C=O) groups is 1. The number of hydrogen-bond acceptors (Lipinski definition) is 6. The number of aliphatic hydroxyl groups is 1. The third kappa shape index (κ3) is 3.34. The van der Waals surface area contributed by atoms with Gasteiger partial charge >= 0.3 is 11.8 Å². The van der Waals surface area contributed by atoms with Crippen molar-refractivity contribution in [3.63, 3.8) is 0 Å². The second kappa shape index (κ2) is 6.32. The van der Waals surface area contributed by atoms with Crippen molar-refractivity contribution < 1.29 is 19.1 Å². The van der Waals surface area contributed by atoms with Crippen molar-refractivity contribution in [3.05, 3.63) is 11.8 Å². The minimum Gasteiger partial charge on any atom is -0.417 e. The van der Waals surface area contributed by atoms with Gasteiger partial charge in [-0.2, -0.15) is 0 Å². The highest BCUT2D eigenvalue weighted by Gasteiger charge is 2.37. The quantitative estimate of drug-likeness (QED) is 0.852. The Morgan fingerprint density at radius 2 is 2.25 bits per heavy atom. The van der Waals surface area contributed by atoms with E-state index in [2.05, 4.69) is 10.2 Å². The second-order valence-electron chi connectivity index (χ2n) is 5.25. The van der Waals surface area contributed by atoms with Gasteiger partial charge in [-0.25, -0.2) is 0 Å². The van der Waals surface area contributed by atoms with Gasteiger partial charge in [0, 0.05) is 13.0 Å². The zero-order valence-corrected chi connectivity index (χ0v) is 12.1. The monoisotopic (exact) mass is 283 g/mol. The molecule has 1 N–H and O–H groups in total. The van der Waals surface area contributed by atoms with Crippen LogP contribution in [0.3, 0.4) is 0 Å². The summed E-state index contributed by atoms with van der Waals surface area (Å²) in [5.74, 6) is 0.0881. The van der Waals surface area contributed by atoms with Crippen LogP contribution in [0, 0.1) is 0 Å². The normalized spacial score (nSPS) is 22.8. The van der Waals surface area contributed by atoms with Crippen molar-refractivity contribution in [2.24, 2.45) is 0 Å². The number of likely N-dealkylation sites (tertiary alicyclic amines) is 1. The maximum atomic E-state index is 12.2. The summed E-state index contributed by atoms with van der Waals surface area (Å²) >= 11 is 0. The van der Waals surface area contributed by atoms with E-state index in [9.17, 15) is 9.90 Å². The number of rotatable bonds is 5. The maximum absolute atomic E-state index is 12.2. The number of amides is 1. The Kier molecular flexibility index (Phi) is 4.72. The Labute approximate surface area is 117 Å². The number of aryl methyl sites for hydroxylation is 1. The molecule has 0 saturated carbocycles. The van der Waals surface area contributed by atoms with Gasteiger partial charge in [0.05, 0.1) is 18.8 Å². The fourth-order valence-electron chi connectivity index (χ4n) is 2.20. The van der Waals surface area contributed by atoms with Gasteiger partial charge < -0.3 is 19.2 Å². The molecule has 1 aromatic heterocycles. The summed E-state index contributed by atoms with van der Waals surface area (Å²) < 4.78 is 10.9. The zero-order valence-electron chi connectivity index (χ0n) is 12.1. The van der Waals surface area contributed by atoms with Gasteiger partial charge in [0.15, 0.2) is 0 Å². The number of hydrogen-bond donors (Lipinski definition) is 1. The Hall–Kier alpha value is -1.47. The first-order valence-electron chi connectivity index (χ1n) is 6.96. The molecule has 112 valence electrons. The molecular formula is C13H21N3O4. The summed E-state index contributed by atoms with van der Waals surface area (Å²) in [7, 11) is 0. The Morgan fingerprint density at radius 1 is 1.50 bits per heavy atom. The second-order valence-corrected chi connectivity index (χ2v) is 5.25. The van der Waals surface area contributed by atoms with E-state index in [-0.39, 0.29) is 30.6 Å². The fraction of sp³-hybridized carbons (Fsp3) is 0.769. The highest BCUT2D eigenvalue weighted by atomic mass is 16.5. The molecular weight excluding hydrogens is 262 g/mol. The molecule has 0 bridgehead atoms. The van der Waals surface area contributed by atoms with Crippen LogP contribution in [0.15, 0.2) is 4.42 Å². The van der Waals surface area contributed by atoms with Crippen molar-refractivity contribution >= 4 is 5.91 Å².